The molecule has 2 unspecified atom stereocenters. The van der Waals surface area contributed by atoms with Gasteiger partial charge in [0.25, 0.3) is 0 Å². The van der Waals surface area contributed by atoms with Gasteiger partial charge >= 0.3 is 0 Å². The van der Waals surface area contributed by atoms with Gasteiger partial charge in [-0.05, 0) is 13.0 Å². The maximum absolute atomic E-state index is 13.8. The smallest absolute Gasteiger partial charge is 0.163 e. The molecule has 1 aliphatic rings. The average molecular weight is 256 g/mol. The summed E-state index contributed by atoms with van der Waals surface area (Å²) in [5, 5.41) is 0. The SMILES string of the molecule is CC1COCCN1C(CN)c1cccc(F)c1F. The summed E-state index contributed by atoms with van der Waals surface area (Å²) in [6.45, 7) is 4.12. The minimum Gasteiger partial charge on any atom is -0.379 e. The van der Waals surface area contributed by atoms with Gasteiger partial charge in [0, 0.05) is 24.7 Å². The summed E-state index contributed by atoms with van der Waals surface area (Å²) in [5.74, 6) is -1.63. The lowest BCUT2D eigenvalue weighted by Crippen LogP contribution is -2.47. The number of rotatable bonds is 3. The lowest BCUT2D eigenvalue weighted by molar-refractivity contribution is -0.0216. The van der Waals surface area contributed by atoms with Gasteiger partial charge in [-0.1, -0.05) is 12.1 Å². The molecule has 1 saturated heterocycles. The van der Waals surface area contributed by atoms with Gasteiger partial charge in [0.05, 0.1) is 19.3 Å². The normalized spacial score (nSPS) is 23.0. The molecular formula is C13H18F2N2O. The fourth-order valence-corrected chi connectivity index (χ4v) is 2.42. The Labute approximate surface area is 106 Å². The standard InChI is InChI=1S/C13H18F2N2O/c1-9-8-18-6-5-17(9)12(7-16)10-3-2-4-11(14)13(10)15/h2-4,9,12H,5-8,16H2,1H3. The fourth-order valence-electron chi connectivity index (χ4n) is 2.42. The predicted octanol–water partition coefficient (Wildman–Crippen LogP) is 1.69. The molecular weight excluding hydrogens is 238 g/mol. The number of hydrogen-bond donors (Lipinski definition) is 1. The summed E-state index contributed by atoms with van der Waals surface area (Å²) >= 11 is 0. The second kappa shape index (κ2) is 5.73. The number of nitrogens with zero attached hydrogens (tertiary/aromatic N) is 1. The molecule has 5 heteroatoms. The monoisotopic (exact) mass is 256 g/mol. The quantitative estimate of drug-likeness (QED) is 0.894. The van der Waals surface area contributed by atoms with E-state index in [9.17, 15) is 8.78 Å². The number of nitrogens with two attached hydrogens (primary N) is 1. The molecule has 0 saturated carbocycles. The molecule has 1 aromatic carbocycles. The van der Waals surface area contributed by atoms with E-state index in [1.54, 1.807) is 6.07 Å². The van der Waals surface area contributed by atoms with Crippen molar-refractivity contribution in [2.45, 2.75) is 19.0 Å². The van der Waals surface area contributed by atoms with Crippen LogP contribution in [-0.2, 0) is 4.74 Å². The van der Waals surface area contributed by atoms with Crippen LogP contribution in [0.15, 0.2) is 18.2 Å². The van der Waals surface area contributed by atoms with Crippen LogP contribution in [0, 0.1) is 11.6 Å². The molecule has 2 atom stereocenters. The van der Waals surface area contributed by atoms with Crippen LogP contribution >= 0.6 is 0 Å². The predicted molar refractivity (Wildman–Crippen MR) is 65.1 cm³/mol. The molecule has 1 heterocycles. The van der Waals surface area contributed by atoms with E-state index in [2.05, 4.69) is 4.90 Å². The van der Waals surface area contributed by atoms with Crippen molar-refractivity contribution in [3.8, 4) is 0 Å². The van der Waals surface area contributed by atoms with Gasteiger partial charge in [0.1, 0.15) is 0 Å². The molecule has 0 amide bonds. The Morgan fingerprint density at radius 2 is 2.28 bits per heavy atom. The third kappa shape index (κ3) is 2.53. The molecule has 1 aromatic rings. The van der Waals surface area contributed by atoms with Crippen molar-refractivity contribution in [2.75, 3.05) is 26.3 Å². The first kappa shape index (κ1) is 13.4. The van der Waals surface area contributed by atoms with Gasteiger partial charge in [-0.3, -0.25) is 4.90 Å². The van der Waals surface area contributed by atoms with Crippen LogP contribution in [0.1, 0.15) is 18.5 Å². The third-order valence-electron chi connectivity index (χ3n) is 3.38. The first-order valence-corrected chi connectivity index (χ1v) is 6.12. The van der Waals surface area contributed by atoms with Crippen molar-refractivity contribution in [3.05, 3.63) is 35.4 Å². The molecule has 0 bridgehead atoms. The summed E-state index contributed by atoms with van der Waals surface area (Å²) in [4.78, 5) is 2.07. The second-order valence-electron chi connectivity index (χ2n) is 4.56. The van der Waals surface area contributed by atoms with E-state index in [0.29, 0.717) is 25.3 Å². The van der Waals surface area contributed by atoms with E-state index in [-0.39, 0.29) is 18.6 Å². The first-order chi connectivity index (χ1) is 8.65. The highest BCUT2D eigenvalue weighted by molar-refractivity contribution is 5.23. The van der Waals surface area contributed by atoms with Crippen LogP contribution < -0.4 is 5.73 Å². The highest BCUT2D eigenvalue weighted by Gasteiger charge is 2.29. The molecule has 18 heavy (non-hydrogen) atoms. The van der Waals surface area contributed by atoms with Gasteiger partial charge in [-0.2, -0.15) is 0 Å². The minimum absolute atomic E-state index is 0.148. The third-order valence-corrected chi connectivity index (χ3v) is 3.38. The molecule has 0 radical (unpaired) electrons. The molecule has 3 nitrogen and oxygen atoms in total. The van der Waals surface area contributed by atoms with Gasteiger partial charge in [-0.25, -0.2) is 8.78 Å². The number of hydrogen-bond acceptors (Lipinski definition) is 3. The van der Waals surface area contributed by atoms with Gasteiger partial charge in [0.15, 0.2) is 11.6 Å². The van der Waals surface area contributed by atoms with Crippen molar-refractivity contribution in [3.63, 3.8) is 0 Å². The van der Waals surface area contributed by atoms with Crippen molar-refractivity contribution < 1.29 is 13.5 Å². The summed E-state index contributed by atoms with van der Waals surface area (Å²) in [6.07, 6.45) is 0. The van der Waals surface area contributed by atoms with Crippen molar-refractivity contribution in [1.29, 1.82) is 0 Å². The maximum Gasteiger partial charge on any atom is 0.163 e. The van der Waals surface area contributed by atoms with Crippen LogP contribution in [-0.4, -0.2) is 37.2 Å². The number of benzene rings is 1. The summed E-state index contributed by atoms with van der Waals surface area (Å²) in [5.41, 5.74) is 6.07. The lowest BCUT2D eigenvalue weighted by Gasteiger charge is -2.39. The largest absolute Gasteiger partial charge is 0.379 e. The Balaban J connectivity index is 2.29. The Hall–Kier alpha value is -1.04. The molecule has 2 rings (SSSR count). The maximum atomic E-state index is 13.8. The van der Waals surface area contributed by atoms with E-state index in [0.717, 1.165) is 6.07 Å². The Bertz CT molecular complexity index is 414. The van der Waals surface area contributed by atoms with E-state index in [4.69, 9.17) is 10.5 Å². The summed E-state index contributed by atoms with van der Waals surface area (Å²) in [6, 6.07) is 4.07. The highest BCUT2D eigenvalue weighted by Crippen LogP contribution is 2.27. The second-order valence-corrected chi connectivity index (χ2v) is 4.56. The fraction of sp³-hybridized carbons (Fsp3) is 0.538. The molecule has 100 valence electrons. The van der Waals surface area contributed by atoms with E-state index in [1.165, 1.54) is 6.07 Å². The Morgan fingerprint density at radius 3 is 2.94 bits per heavy atom. The van der Waals surface area contributed by atoms with Crippen LogP contribution in [0.3, 0.4) is 0 Å². The molecule has 1 fully saturated rings. The van der Waals surface area contributed by atoms with Crippen LogP contribution in [0.25, 0.3) is 0 Å². The zero-order chi connectivity index (χ0) is 13.1. The zero-order valence-electron chi connectivity index (χ0n) is 10.4. The topological polar surface area (TPSA) is 38.5 Å². The van der Waals surface area contributed by atoms with E-state index in [1.807, 2.05) is 6.92 Å². The minimum atomic E-state index is -0.827. The molecule has 0 spiro atoms. The number of ether oxygens (including phenoxy) is 1. The highest BCUT2D eigenvalue weighted by atomic mass is 19.2. The Kier molecular flexibility index (Phi) is 4.27. The molecule has 0 aromatic heterocycles. The zero-order valence-corrected chi connectivity index (χ0v) is 10.4. The van der Waals surface area contributed by atoms with E-state index >= 15 is 0 Å². The summed E-state index contributed by atoms with van der Waals surface area (Å²) in [7, 11) is 0. The van der Waals surface area contributed by atoms with Crippen molar-refractivity contribution in [2.24, 2.45) is 5.73 Å². The van der Waals surface area contributed by atoms with Gasteiger partial charge in [0.2, 0.25) is 0 Å². The van der Waals surface area contributed by atoms with Crippen LogP contribution in [0.2, 0.25) is 0 Å². The molecule has 2 N–H and O–H groups in total. The van der Waals surface area contributed by atoms with Crippen LogP contribution in [0.4, 0.5) is 8.78 Å². The van der Waals surface area contributed by atoms with Crippen molar-refractivity contribution >= 4 is 0 Å². The van der Waals surface area contributed by atoms with Crippen LogP contribution in [0.5, 0.6) is 0 Å². The lowest BCUT2D eigenvalue weighted by atomic mass is 10.0. The Morgan fingerprint density at radius 1 is 1.50 bits per heavy atom. The van der Waals surface area contributed by atoms with Gasteiger partial charge < -0.3 is 10.5 Å². The van der Waals surface area contributed by atoms with E-state index < -0.39 is 11.6 Å². The van der Waals surface area contributed by atoms with Crippen molar-refractivity contribution in [1.82, 2.24) is 4.90 Å². The average Bonchev–Trinajstić information content (AvgIpc) is 2.37. The first-order valence-electron chi connectivity index (χ1n) is 6.12. The summed E-state index contributed by atoms with van der Waals surface area (Å²) < 4.78 is 32.5. The number of halogens is 2. The molecule has 0 aliphatic carbocycles. The van der Waals surface area contributed by atoms with Gasteiger partial charge in [-0.15, -0.1) is 0 Å². The molecule has 1 aliphatic heterocycles. The number of morpholine rings is 1.